The van der Waals surface area contributed by atoms with E-state index in [1.165, 1.54) is 60.8 Å². The highest BCUT2D eigenvalue weighted by Gasteiger charge is 2.21. The summed E-state index contributed by atoms with van der Waals surface area (Å²) < 4.78 is 0. The Labute approximate surface area is 114 Å². The predicted molar refractivity (Wildman–Crippen MR) is 81.1 cm³/mol. The quantitative estimate of drug-likeness (QED) is 0.731. The van der Waals surface area contributed by atoms with Crippen molar-refractivity contribution in [3.63, 3.8) is 0 Å². The molecule has 1 aliphatic carbocycles. The molecule has 0 N–H and O–H groups in total. The summed E-state index contributed by atoms with van der Waals surface area (Å²) in [5, 5.41) is 2.83. The first kappa shape index (κ1) is 11.1. The van der Waals surface area contributed by atoms with Gasteiger partial charge in [-0.2, -0.15) is 0 Å². The van der Waals surface area contributed by atoms with Gasteiger partial charge in [-0.05, 0) is 42.0 Å². The normalized spacial score (nSPS) is 18.5. The standard InChI is InChI=1S/C18H19N/c1-2-7-15-14(6-1)10-11-17-16(15)8-5-9-18(17)19-12-3-4-13-19/h1-2,6-7,9-11H,3-5,8,12-13H2. The van der Waals surface area contributed by atoms with Crippen molar-refractivity contribution >= 4 is 16.5 Å². The van der Waals surface area contributed by atoms with Gasteiger partial charge in [0.15, 0.2) is 0 Å². The summed E-state index contributed by atoms with van der Waals surface area (Å²) in [4.78, 5) is 2.58. The van der Waals surface area contributed by atoms with Gasteiger partial charge < -0.3 is 4.90 Å². The predicted octanol–water partition coefficient (Wildman–Crippen LogP) is 4.22. The fraction of sp³-hybridized carbons (Fsp3) is 0.333. The molecule has 1 fully saturated rings. The highest BCUT2D eigenvalue weighted by Crippen LogP contribution is 2.35. The van der Waals surface area contributed by atoms with Crippen molar-refractivity contribution in [1.29, 1.82) is 0 Å². The Balaban J connectivity index is 1.88. The summed E-state index contributed by atoms with van der Waals surface area (Å²) in [7, 11) is 0. The first-order valence-electron chi connectivity index (χ1n) is 7.39. The fourth-order valence-electron chi connectivity index (χ4n) is 3.57. The number of nitrogens with zero attached hydrogens (tertiary/aromatic N) is 1. The number of rotatable bonds is 1. The van der Waals surface area contributed by atoms with Crippen LogP contribution in [0.15, 0.2) is 42.5 Å². The van der Waals surface area contributed by atoms with Crippen molar-refractivity contribution in [1.82, 2.24) is 4.90 Å². The highest BCUT2D eigenvalue weighted by atomic mass is 15.1. The van der Waals surface area contributed by atoms with Crippen LogP contribution in [0.1, 0.15) is 30.4 Å². The minimum Gasteiger partial charge on any atom is -0.371 e. The van der Waals surface area contributed by atoms with Gasteiger partial charge in [0.05, 0.1) is 0 Å². The maximum Gasteiger partial charge on any atom is 0.0402 e. The van der Waals surface area contributed by atoms with E-state index in [1.807, 2.05) is 0 Å². The monoisotopic (exact) mass is 249 g/mol. The molecule has 2 aromatic carbocycles. The van der Waals surface area contributed by atoms with E-state index in [2.05, 4.69) is 47.4 Å². The molecular weight excluding hydrogens is 230 g/mol. The maximum atomic E-state index is 2.58. The van der Waals surface area contributed by atoms with E-state index in [1.54, 1.807) is 5.56 Å². The summed E-state index contributed by atoms with van der Waals surface area (Å²) >= 11 is 0. The van der Waals surface area contributed by atoms with E-state index in [9.17, 15) is 0 Å². The van der Waals surface area contributed by atoms with Crippen molar-refractivity contribution in [2.24, 2.45) is 0 Å². The Bertz CT molecular complexity index is 648. The molecule has 0 bridgehead atoms. The SMILES string of the molecule is C1=C(N2CCCC2)c2ccc3ccccc3c2CC1. The van der Waals surface area contributed by atoms with Crippen LogP contribution in [0.5, 0.6) is 0 Å². The molecule has 1 heteroatoms. The molecular formula is C18H19N. The number of benzene rings is 2. The molecule has 0 radical (unpaired) electrons. The average Bonchev–Trinajstić information content (AvgIpc) is 3.00. The molecule has 0 aromatic heterocycles. The Morgan fingerprint density at radius 3 is 2.63 bits per heavy atom. The van der Waals surface area contributed by atoms with Crippen LogP contribution in [0.25, 0.3) is 16.5 Å². The first-order valence-corrected chi connectivity index (χ1v) is 7.39. The van der Waals surface area contributed by atoms with Gasteiger partial charge in [-0.25, -0.2) is 0 Å². The molecule has 1 aliphatic heterocycles. The summed E-state index contributed by atoms with van der Waals surface area (Å²) in [5.41, 5.74) is 4.53. The van der Waals surface area contributed by atoms with Crippen molar-refractivity contribution in [2.75, 3.05) is 13.1 Å². The smallest absolute Gasteiger partial charge is 0.0402 e. The molecule has 0 spiro atoms. The van der Waals surface area contributed by atoms with Gasteiger partial charge in [0, 0.05) is 24.4 Å². The van der Waals surface area contributed by atoms with Crippen molar-refractivity contribution in [3.8, 4) is 0 Å². The molecule has 4 rings (SSSR count). The van der Waals surface area contributed by atoms with Crippen molar-refractivity contribution < 1.29 is 0 Å². The lowest BCUT2D eigenvalue weighted by atomic mass is 9.89. The Morgan fingerprint density at radius 2 is 1.74 bits per heavy atom. The van der Waals surface area contributed by atoms with Crippen LogP contribution < -0.4 is 0 Å². The molecule has 1 nitrogen and oxygen atoms in total. The lowest BCUT2D eigenvalue weighted by Crippen LogP contribution is -2.20. The van der Waals surface area contributed by atoms with Crippen LogP contribution in [0.4, 0.5) is 0 Å². The number of aryl methyl sites for hydroxylation is 1. The lowest BCUT2D eigenvalue weighted by molar-refractivity contribution is 0.489. The summed E-state index contributed by atoms with van der Waals surface area (Å²) in [6, 6.07) is 13.4. The van der Waals surface area contributed by atoms with Gasteiger partial charge in [0.1, 0.15) is 0 Å². The van der Waals surface area contributed by atoms with Crippen LogP contribution in [0.2, 0.25) is 0 Å². The summed E-state index contributed by atoms with van der Waals surface area (Å²) in [6.07, 6.45) is 7.52. The zero-order valence-corrected chi connectivity index (χ0v) is 11.2. The Hall–Kier alpha value is -1.76. The van der Waals surface area contributed by atoms with Crippen LogP contribution in [0.3, 0.4) is 0 Å². The van der Waals surface area contributed by atoms with E-state index in [-0.39, 0.29) is 0 Å². The fourth-order valence-corrected chi connectivity index (χ4v) is 3.57. The Kier molecular flexibility index (Phi) is 2.58. The molecule has 0 unspecified atom stereocenters. The van der Waals surface area contributed by atoms with Crippen LogP contribution in [-0.2, 0) is 6.42 Å². The minimum atomic E-state index is 1.19. The third-order valence-electron chi connectivity index (χ3n) is 4.50. The van der Waals surface area contributed by atoms with E-state index < -0.39 is 0 Å². The topological polar surface area (TPSA) is 3.24 Å². The lowest BCUT2D eigenvalue weighted by Gasteiger charge is -2.27. The molecule has 1 saturated heterocycles. The second-order valence-electron chi connectivity index (χ2n) is 5.64. The second-order valence-corrected chi connectivity index (χ2v) is 5.64. The molecule has 0 saturated carbocycles. The Morgan fingerprint density at radius 1 is 0.895 bits per heavy atom. The summed E-state index contributed by atoms with van der Waals surface area (Å²) in [5.74, 6) is 0. The number of fused-ring (bicyclic) bond motifs is 3. The van der Waals surface area contributed by atoms with Crippen LogP contribution in [-0.4, -0.2) is 18.0 Å². The highest BCUT2D eigenvalue weighted by molar-refractivity contribution is 5.91. The van der Waals surface area contributed by atoms with Gasteiger partial charge in [-0.1, -0.05) is 42.5 Å². The maximum absolute atomic E-state index is 2.58. The third kappa shape index (κ3) is 1.76. The molecule has 2 aromatic rings. The van der Waals surface area contributed by atoms with Crippen LogP contribution >= 0.6 is 0 Å². The first-order chi connectivity index (χ1) is 9.43. The minimum absolute atomic E-state index is 1.19. The van der Waals surface area contributed by atoms with Crippen LogP contribution in [0, 0.1) is 0 Å². The van der Waals surface area contributed by atoms with E-state index >= 15 is 0 Å². The molecule has 1 heterocycles. The van der Waals surface area contributed by atoms with Gasteiger partial charge in [0.2, 0.25) is 0 Å². The third-order valence-corrected chi connectivity index (χ3v) is 4.50. The number of hydrogen-bond donors (Lipinski definition) is 0. The van der Waals surface area contributed by atoms with Gasteiger partial charge in [0.25, 0.3) is 0 Å². The number of hydrogen-bond acceptors (Lipinski definition) is 1. The second kappa shape index (κ2) is 4.41. The molecule has 96 valence electrons. The molecule has 0 amide bonds. The number of likely N-dealkylation sites (tertiary alicyclic amines) is 1. The zero-order valence-electron chi connectivity index (χ0n) is 11.2. The van der Waals surface area contributed by atoms with Gasteiger partial charge >= 0.3 is 0 Å². The van der Waals surface area contributed by atoms with Gasteiger partial charge in [-0.3, -0.25) is 0 Å². The average molecular weight is 249 g/mol. The number of allylic oxidation sites excluding steroid dienone is 1. The summed E-state index contributed by atoms with van der Waals surface area (Å²) in [6.45, 7) is 2.47. The zero-order chi connectivity index (χ0) is 12.7. The van der Waals surface area contributed by atoms with Gasteiger partial charge in [-0.15, -0.1) is 0 Å². The van der Waals surface area contributed by atoms with Crippen molar-refractivity contribution in [2.45, 2.75) is 25.7 Å². The largest absolute Gasteiger partial charge is 0.371 e. The van der Waals surface area contributed by atoms with E-state index in [0.29, 0.717) is 0 Å². The molecule has 19 heavy (non-hydrogen) atoms. The van der Waals surface area contributed by atoms with E-state index in [0.717, 1.165) is 0 Å². The van der Waals surface area contributed by atoms with Crippen molar-refractivity contribution in [3.05, 3.63) is 53.6 Å². The van der Waals surface area contributed by atoms with E-state index in [4.69, 9.17) is 0 Å². The molecule has 0 atom stereocenters. The molecule has 2 aliphatic rings.